The molecular formula is C20H15AuCl2NP+. The van der Waals surface area contributed by atoms with Crippen LogP contribution in [-0.4, -0.2) is 4.07 Å². The predicted molar refractivity (Wildman–Crippen MR) is 105 cm³/mol. The maximum absolute atomic E-state index is 9.83. The fourth-order valence-corrected chi connectivity index (χ4v) is 8.60. The summed E-state index contributed by atoms with van der Waals surface area (Å²) in [5.41, 5.74) is 0. The van der Waals surface area contributed by atoms with Crippen LogP contribution in [0, 0.1) is 11.3 Å². The van der Waals surface area contributed by atoms with Crippen LogP contribution in [0.1, 0.15) is 0 Å². The normalized spacial score (nSPS) is 11.2. The molecular weight excluding hydrogens is 553 g/mol. The van der Waals surface area contributed by atoms with Crippen LogP contribution in [0.25, 0.3) is 0 Å². The maximum atomic E-state index is 9.83. The first-order valence-electron chi connectivity index (χ1n) is 7.48. The standard InChI is InChI=1S/C20H15Cl2NP.Au/c21-20(22,16-23)24(17-10-4-1-5-11-17,18-12-6-2-7-13-18)19-14-8-3-9-15-19;/h1-15H;/q+1;. The Morgan fingerprint density at radius 1 is 0.640 bits per heavy atom. The van der Waals surface area contributed by atoms with Crippen LogP contribution in [0.3, 0.4) is 0 Å². The Kier molecular flexibility index (Phi) is 6.89. The molecule has 0 amide bonds. The van der Waals surface area contributed by atoms with Gasteiger partial charge in [-0.2, -0.15) is 5.26 Å². The summed E-state index contributed by atoms with van der Waals surface area (Å²) >= 11 is 13.4. The summed E-state index contributed by atoms with van der Waals surface area (Å²) in [6.07, 6.45) is 0. The first-order valence-corrected chi connectivity index (χ1v) is 10.0. The van der Waals surface area contributed by atoms with E-state index in [1.54, 1.807) is 0 Å². The number of nitrogens with zero attached hydrogens (tertiary/aromatic N) is 1. The van der Waals surface area contributed by atoms with Crippen molar-refractivity contribution < 1.29 is 22.4 Å². The first kappa shape index (κ1) is 20.2. The zero-order valence-corrected chi connectivity index (χ0v) is 17.7. The number of alkyl halides is 2. The number of halogens is 2. The Morgan fingerprint density at radius 2 is 0.920 bits per heavy atom. The Hall–Kier alpha value is -1.10. The second kappa shape index (κ2) is 8.52. The molecule has 0 spiro atoms. The number of benzene rings is 3. The van der Waals surface area contributed by atoms with E-state index in [-0.39, 0.29) is 22.4 Å². The van der Waals surface area contributed by atoms with Crippen molar-refractivity contribution in [2.75, 3.05) is 0 Å². The number of nitriles is 1. The summed E-state index contributed by atoms with van der Waals surface area (Å²) in [7, 11) is -2.59. The topological polar surface area (TPSA) is 23.8 Å². The largest absolute Gasteiger partial charge is 0.324 e. The summed E-state index contributed by atoms with van der Waals surface area (Å²) in [4.78, 5) is 0. The van der Waals surface area contributed by atoms with Gasteiger partial charge in [-0.3, -0.25) is 0 Å². The van der Waals surface area contributed by atoms with Crippen molar-refractivity contribution in [3.8, 4) is 6.07 Å². The minimum absolute atomic E-state index is 0. The van der Waals surface area contributed by atoms with Crippen molar-refractivity contribution in [3.05, 3.63) is 91.0 Å². The molecule has 1 nitrogen and oxygen atoms in total. The molecule has 129 valence electrons. The summed E-state index contributed by atoms with van der Waals surface area (Å²) in [5.74, 6) is 0. The predicted octanol–water partition coefficient (Wildman–Crippen LogP) is 4.63. The molecule has 0 aliphatic heterocycles. The second-order valence-corrected chi connectivity index (χ2v) is 10.7. The Labute approximate surface area is 174 Å². The van der Waals surface area contributed by atoms with E-state index in [1.807, 2.05) is 91.0 Å². The third-order valence-corrected chi connectivity index (χ3v) is 9.84. The molecule has 0 bridgehead atoms. The van der Waals surface area contributed by atoms with Crippen LogP contribution in [0.4, 0.5) is 0 Å². The van der Waals surface area contributed by atoms with Gasteiger partial charge in [0.25, 0.3) is 0 Å². The van der Waals surface area contributed by atoms with Gasteiger partial charge in [0.2, 0.25) is 0 Å². The molecule has 0 saturated heterocycles. The molecule has 5 heteroatoms. The van der Waals surface area contributed by atoms with E-state index >= 15 is 0 Å². The van der Waals surface area contributed by atoms with Gasteiger partial charge in [0, 0.05) is 22.4 Å². The molecule has 0 unspecified atom stereocenters. The Bertz CT molecular complexity index is 752. The molecule has 0 saturated carbocycles. The summed E-state index contributed by atoms with van der Waals surface area (Å²) < 4.78 is -1.57. The minimum atomic E-state index is -2.59. The van der Waals surface area contributed by atoms with E-state index in [0.717, 1.165) is 15.9 Å². The molecule has 0 aliphatic rings. The van der Waals surface area contributed by atoms with E-state index < -0.39 is 11.3 Å². The minimum Gasteiger partial charge on any atom is -0.191 e. The molecule has 0 aromatic heterocycles. The van der Waals surface area contributed by atoms with Crippen molar-refractivity contribution in [1.29, 1.82) is 5.26 Å². The molecule has 0 atom stereocenters. The van der Waals surface area contributed by atoms with Gasteiger partial charge < -0.3 is 0 Å². The number of hydrogen-bond donors (Lipinski definition) is 0. The fraction of sp³-hybridized carbons (Fsp3) is 0.0500. The van der Waals surface area contributed by atoms with E-state index in [2.05, 4.69) is 6.07 Å². The molecule has 0 N–H and O–H groups in total. The van der Waals surface area contributed by atoms with Crippen LogP contribution < -0.4 is 15.9 Å². The van der Waals surface area contributed by atoms with Gasteiger partial charge in [0.15, 0.2) is 7.26 Å². The van der Waals surface area contributed by atoms with Crippen molar-refractivity contribution in [2.24, 2.45) is 0 Å². The molecule has 1 radical (unpaired) electrons. The average Bonchev–Trinajstić information content (AvgIpc) is 2.65. The quantitative estimate of drug-likeness (QED) is 0.256. The van der Waals surface area contributed by atoms with Crippen LogP contribution in [-0.2, 0) is 22.4 Å². The van der Waals surface area contributed by atoms with E-state index in [0.29, 0.717) is 0 Å². The van der Waals surface area contributed by atoms with E-state index in [9.17, 15) is 5.26 Å². The molecule has 25 heavy (non-hydrogen) atoms. The molecule has 3 aromatic rings. The fourth-order valence-electron chi connectivity index (χ4n) is 2.96. The maximum Gasteiger partial charge on any atom is 0.324 e. The van der Waals surface area contributed by atoms with Gasteiger partial charge in [-0.1, -0.05) is 54.6 Å². The van der Waals surface area contributed by atoms with Gasteiger partial charge in [-0.15, -0.1) is 0 Å². The SMILES string of the molecule is N#CC(Cl)(Cl)[P+](c1ccccc1)(c1ccccc1)c1ccccc1.[Au]. The first-order chi connectivity index (χ1) is 11.6. The third-order valence-electron chi connectivity index (χ3n) is 3.99. The summed E-state index contributed by atoms with van der Waals surface area (Å²) in [5, 5.41) is 12.8. The average molecular weight is 568 g/mol. The zero-order valence-electron chi connectivity index (χ0n) is 13.1. The van der Waals surface area contributed by atoms with Crippen molar-refractivity contribution in [3.63, 3.8) is 0 Å². The molecule has 0 heterocycles. The van der Waals surface area contributed by atoms with Crippen LogP contribution in [0.5, 0.6) is 0 Å². The Balaban J connectivity index is 0.00000225. The van der Waals surface area contributed by atoms with Crippen molar-refractivity contribution in [2.45, 2.75) is 4.07 Å². The zero-order chi connectivity index (χ0) is 17.0. The van der Waals surface area contributed by atoms with Gasteiger partial charge in [0.05, 0.1) is 0 Å². The van der Waals surface area contributed by atoms with Gasteiger partial charge >= 0.3 is 4.07 Å². The molecule has 3 aromatic carbocycles. The van der Waals surface area contributed by atoms with Crippen LogP contribution >= 0.6 is 30.5 Å². The Morgan fingerprint density at radius 3 is 1.16 bits per heavy atom. The molecule has 0 aliphatic carbocycles. The second-order valence-electron chi connectivity index (χ2n) is 5.33. The van der Waals surface area contributed by atoms with Gasteiger partial charge in [-0.05, 0) is 59.6 Å². The molecule has 0 fully saturated rings. The number of rotatable bonds is 4. The van der Waals surface area contributed by atoms with Gasteiger partial charge in [-0.25, -0.2) is 0 Å². The van der Waals surface area contributed by atoms with Crippen LogP contribution in [0.15, 0.2) is 91.0 Å². The van der Waals surface area contributed by atoms with E-state index in [1.165, 1.54) is 0 Å². The summed E-state index contributed by atoms with van der Waals surface area (Å²) in [6.45, 7) is 0. The number of hydrogen-bond acceptors (Lipinski definition) is 1. The van der Waals surface area contributed by atoms with Crippen LogP contribution in [0.2, 0.25) is 0 Å². The third kappa shape index (κ3) is 3.57. The monoisotopic (exact) mass is 567 g/mol. The van der Waals surface area contributed by atoms with Crippen molar-refractivity contribution in [1.82, 2.24) is 0 Å². The summed E-state index contributed by atoms with van der Waals surface area (Å²) in [6, 6.07) is 31.8. The van der Waals surface area contributed by atoms with Gasteiger partial charge in [0.1, 0.15) is 22.0 Å². The molecule has 3 rings (SSSR count). The smallest absolute Gasteiger partial charge is 0.191 e. The van der Waals surface area contributed by atoms with Crippen molar-refractivity contribution >= 4 is 46.4 Å². The van der Waals surface area contributed by atoms with E-state index in [4.69, 9.17) is 23.2 Å².